The summed E-state index contributed by atoms with van der Waals surface area (Å²) in [6.07, 6.45) is 2.87. The van der Waals surface area contributed by atoms with Gasteiger partial charge in [0.05, 0.1) is 12.7 Å². The summed E-state index contributed by atoms with van der Waals surface area (Å²) in [7, 11) is 2.95. The van der Waals surface area contributed by atoms with Crippen LogP contribution in [0.2, 0.25) is 0 Å². The lowest BCUT2D eigenvalue weighted by Crippen LogP contribution is -2.02. The standard InChI is InChI=1S/C19H20O6/c1-12-17(25-11-23-2)9-6-14(19(12)22)15(20)7-4-13-5-8-18(24-3)16(21)10-13/h4-10,21-22H,11H2,1-3H3/b7-4+. The second-order valence-electron chi connectivity index (χ2n) is 5.26. The summed E-state index contributed by atoms with van der Waals surface area (Å²) in [5.41, 5.74) is 1.25. The number of carbonyl (C=O) groups excluding carboxylic acids is 1. The van der Waals surface area contributed by atoms with Crippen molar-refractivity contribution in [3.63, 3.8) is 0 Å². The maximum absolute atomic E-state index is 12.3. The van der Waals surface area contributed by atoms with Crippen molar-refractivity contribution in [1.29, 1.82) is 0 Å². The minimum Gasteiger partial charge on any atom is -0.507 e. The Morgan fingerprint density at radius 1 is 1.12 bits per heavy atom. The van der Waals surface area contributed by atoms with E-state index in [-0.39, 0.29) is 29.6 Å². The van der Waals surface area contributed by atoms with Crippen LogP contribution >= 0.6 is 0 Å². The van der Waals surface area contributed by atoms with E-state index in [0.29, 0.717) is 22.6 Å². The van der Waals surface area contributed by atoms with E-state index in [1.807, 2.05) is 0 Å². The maximum atomic E-state index is 12.3. The van der Waals surface area contributed by atoms with Crippen molar-refractivity contribution in [1.82, 2.24) is 0 Å². The van der Waals surface area contributed by atoms with Crippen LogP contribution < -0.4 is 9.47 Å². The number of allylic oxidation sites excluding steroid dienone is 1. The van der Waals surface area contributed by atoms with Gasteiger partial charge >= 0.3 is 0 Å². The molecule has 0 bridgehead atoms. The summed E-state index contributed by atoms with van der Waals surface area (Å²) >= 11 is 0. The Bertz CT molecular complexity index is 795. The van der Waals surface area contributed by atoms with E-state index < -0.39 is 0 Å². The fourth-order valence-corrected chi connectivity index (χ4v) is 2.23. The van der Waals surface area contributed by atoms with Crippen molar-refractivity contribution in [3.8, 4) is 23.0 Å². The number of phenolic OH excluding ortho intramolecular Hbond substituents is 2. The van der Waals surface area contributed by atoms with E-state index in [0.717, 1.165) is 0 Å². The molecule has 0 aromatic heterocycles. The zero-order valence-corrected chi connectivity index (χ0v) is 14.3. The SMILES string of the molecule is COCOc1ccc(C(=O)/C=C/c2ccc(OC)c(O)c2)c(O)c1C. The number of hydrogen-bond donors (Lipinski definition) is 2. The molecule has 2 aromatic rings. The van der Waals surface area contributed by atoms with Gasteiger partial charge in [0.2, 0.25) is 0 Å². The Morgan fingerprint density at radius 2 is 1.84 bits per heavy atom. The summed E-state index contributed by atoms with van der Waals surface area (Å²) in [6.45, 7) is 1.71. The van der Waals surface area contributed by atoms with Gasteiger partial charge in [-0.1, -0.05) is 12.1 Å². The number of ketones is 1. The molecule has 2 N–H and O–H groups in total. The summed E-state index contributed by atoms with van der Waals surface area (Å²) in [6, 6.07) is 7.88. The predicted molar refractivity (Wildman–Crippen MR) is 93.4 cm³/mol. The number of aromatic hydroxyl groups is 2. The fourth-order valence-electron chi connectivity index (χ4n) is 2.23. The van der Waals surface area contributed by atoms with Gasteiger partial charge in [-0.05, 0) is 42.8 Å². The van der Waals surface area contributed by atoms with E-state index in [9.17, 15) is 15.0 Å². The molecule has 0 amide bonds. The van der Waals surface area contributed by atoms with E-state index in [1.165, 1.54) is 32.4 Å². The zero-order valence-electron chi connectivity index (χ0n) is 14.3. The van der Waals surface area contributed by atoms with Crippen molar-refractivity contribution in [2.24, 2.45) is 0 Å². The molecule has 0 spiro atoms. The van der Waals surface area contributed by atoms with E-state index >= 15 is 0 Å². The normalized spacial score (nSPS) is 10.8. The minimum absolute atomic E-state index is 0.0181. The third kappa shape index (κ3) is 4.30. The Morgan fingerprint density at radius 3 is 2.48 bits per heavy atom. The molecule has 6 nitrogen and oxygen atoms in total. The number of phenols is 2. The first-order chi connectivity index (χ1) is 12.0. The molecule has 0 aliphatic rings. The van der Waals surface area contributed by atoms with Crippen LogP contribution in [0.25, 0.3) is 6.08 Å². The molecule has 2 rings (SSSR count). The van der Waals surface area contributed by atoms with E-state index in [1.54, 1.807) is 31.2 Å². The zero-order chi connectivity index (χ0) is 18.4. The number of ether oxygens (including phenoxy) is 3. The van der Waals surface area contributed by atoms with Crippen LogP contribution in [0.4, 0.5) is 0 Å². The average molecular weight is 344 g/mol. The lowest BCUT2D eigenvalue weighted by Gasteiger charge is -2.11. The number of carbonyl (C=O) groups is 1. The number of rotatable bonds is 7. The maximum Gasteiger partial charge on any atom is 0.189 e. The van der Waals surface area contributed by atoms with Crippen LogP contribution in [0.15, 0.2) is 36.4 Å². The monoisotopic (exact) mass is 344 g/mol. The van der Waals surface area contributed by atoms with Crippen LogP contribution in [0.1, 0.15) is 21.5 Å². The molecule has 0 saturated heterocycles. The molecule has 0 aliphatic heterocycles. The Balaban J connectivity index is 2.20. The second kappa shape index (κ2) is 8.21. The summed E-state index contributed by atoms with van der Waals surface area (Å²) in [5, 5.41) is 20.0. The molecule has 2 aromatic carbocycles. The largest absolute Gasteiger partial charge is 0.507 e. The molecule has 0 atom stereocenters. The van der Waals surface area contributed by atoms with Crippen LogP contribution in [0, 0.1) is 6.92 Å². The van der Waals surface area contributed by atoms with Crippen molar-refractivity contribution in [2.45, 2.75) is 6.92 Å². The Hall–Kier alpha value is -2.99. The Kier molecular flexibility index (Phi) is 6.03. The number of benzene rings is 2. The first-order valence-corrected chi connectivity index (χ1v) is 7.51. The first-order valence-electron chi connectivity index (χ1n) is 7.51. The topological polar surface area (TPSA) is 85.2 Å². The quantitative estimate of drug-likeness (QED) is 0.455. The van der Waals surface area contributed by atoms with Gasteiger partial charge in [-0.3, -0.25) is 4.79 Å². The second-order valence-corrected chi connectivity index (χ2v) is 5.26. The highest BCUT2D eigenvalue weighted by atomic mass is 16.7. The number of methoxy groups -OCH3 is 2. The van der Waals surface area contributed by atoms with Crippen molar-refractivity contribution >= 4 is 11.9 Å². The van der Waals surface area contributed by atoms with E-state index in [2.05, 4.69) is 0 Å². The summed E-state index contributed by atoms with van der Waals surface area (Å²) in [4.78, 5) is 12.3. The highest BCUT2D eigenvalue weighted by Gasteiger charge is 2.14. The van der Waals surface area contributed by atoms with Gasteiger partial charge in [0.1, 0.15) is 11.5 Å². The summed E-state index contributed by atoms with van der Waals surface area (Å²) < 4.78 is 15.1. The highest BCUT2D eigenvalue weighted by Crippen LogP contribution is 2.31. The van der Waals surface area contributed by atoms with Gasteiger partial charge < -0.3 is 24.4 Å². The van der Waals surface area contributed by atoms with Crippen LogP contribution in [0.5, 0.6) is 23.0 Å². The molecule has 0 heterocycles. The van der Waals surface area contributed by atoms with Gasteiger partial charge in [-0.2, -0.15) is 0 Å². The molecule has 0 saturated carbocycles. The fraction of sp³-hybridized carbons (Fsp3) is 0.211. The third-order valence-corrected chi connectivity index (χ3v) is 3.61. The molecular formula is C19H20O6. The van der Waals surface area contributed by atoms with Crippen LogP contribution in [0.3, 0.4) is 0 Å². The summed E-state index contributed by atoms with van der Waals surface area (Å²) in [5.74, 6) is 0.272. The van der Waals surface area contributed by atoms with Gasteiger partial charge in [0.25, 0.3) is 0 Å². The average Bonchev–Trinajstić information content (AvgIpc) is 2.61. The molecule has 0 fully saturated rings. The number of hydrogen-bond acceptors (Lipinski definition) is 6. The smallest absolute Gasteiger partial charge is 0.189 e. The molecular weight excluding hydrogens is 324 g/mol. The molecule has 132 valence electrons. The van der Waals surface area contributed by atoms with Crippen molar-refractivity contribution in [3.05, 3.63) is 53.1 Å². The van der Waals surface area contributed by atoms with Crippen LogP contribution in [-0.4, -0.2) is 37.0 Å². The molecule has 6 heteroatoms. The minimum atomic E-state index is -0.366. The van der Waals surface area contributed by atoms with Crippen LogP contribution in [-0.2, 0) is 4.74 Å². The van der Waals surface area contributed by atoms with Gasteiger partial charge in [0.15, 0.2) is 24.1 Å². The Labute approximate surface area is 145 Å². The first kappa shape index (κ1) is 18.4. The third-order valence-electron chi connectivity index (χ3n) is 3.61. The van der Waals surface area contributed by atoms with Gasteiger partial charge in [-0.25, -0.2) is 0 Å². The predicted octanol–water partition coefficient (Wildman–Crippen LogP) is 3.29. The highest BCUT2D eigenvalue weighted by molar-refractivity contribution is 6.09. The molecule has 0 radical (unpaired) electrons. The molecule has 0 unspecified atom stereocenters. The van der Waals surface area contributed by atoms with E-state index in [4.69, 9.17) is 14.2 Å². The van der Waals surface area contributed by atoms with Crippen molar-refractivity contribution < 1.29 is 29.2 Å². The van der Waals surface area contributed by atoms with Gasteiger partial charge in [0, 0.05) is 12.7 Å². The van der Waals surface area contributed by atoms with Gasteiger partial charge in [-0.15, -0.1) is 0 Å². The lowest BCUT2D eigenvalue weighted by atomic mass is 10.0. The molecule has 25 heavy (non-hydrogen) atoms. The molecule has 0 aliphatic carbocycles. The lowest BCUT2D eigenvalue weighted by molar-refractivity contribution is 0.0504. The van der Waals surface area contributed by atoms with Crippen molar-refractivity contribution in [2.75, 3.05) is 21.0 Å².